The number of halogens is 8. The molecule has 0 fully saturated rings. The van der Waals surface area contributed by atoms with Crippen molar-refractivity contribution in [2.75, 3.05) is 0 Å². The summed E-state index contributed by atoms with van der Waals surface area (Å²) in [6.07, 6.45) is -8.96. The molecule has 0 amide bonds. The van der Waals surface area contributed by atoms with E-state index in [-0.39, 0.29) is 11.1 Å². The minimum absolute atomic E-state index is 0.104. The van der Waals surface area contributed by atoms with Crippen molar-refractivity contribution < 1.29 is 30.7 Å². The molecule has 0 aliphatic rings. The molecule has 0 bridgehead atoms. The van der Waals surface area contributed by atoms with Gasteiger partial charge in [-0.25, -0.2) is 4.39 Å². The highest BCUT2D eigenvalue weighted by atomic mass is 127. The summed E-state index contributed by atoms with van der Waals surface area (Å²) in [6, 6.07) is 2.91. The third kappa shape index (κ3) is 3.02. The molecule has 0 spiro atoms. The fraction of sp³-hybridized carbons (Fsp3) is 0.333. The molecule has 0 radical (unpaired) electrons. The minimum Gasteiger partial charge on any atom is -0.322 e. The zero-order valence-corrected chi connectivity index (χ0v) is 14.5. The van der Waals surface area contributed by atoms with Gasteiger partial charge in [-0.2, -0.15) is 26.3 Å². The van der Waals surface area contributed by atoms with Crippen molar-refractivity contribution in [3.8, 4) is 5.69 Å². The molecule has 0 N–H and O–H groups in total. The highest BCUT2D eigenvalue weighted by molar-refractivity contribution is 14.1. The van der Waals surface area contributed by atoms with Gasteiger partial charge in [0.25, 0.3) is 0 Å². The Labute approximate surface area is 146 Å². The zero-order chi connectivity index (χ0) is 18.5. The van der Waals surface area contributed by atoms with Crippen LogP contribution in [-0.4, -0.2) is 16.9 Å². The lowest BCUT2D eigenvalue weighted by Crippen LogP contribution is -2.50. The number of rotatable bonds is 2. The molecule has 24 heavy (non-hydrogen) atoms. The maximum absolute atomic E-state index is 14.2. The Hall–Kier alpha value is -1.26. The molecule has 2 rings (SSSR count). The third-order valence-corrected chi connectivity index (χ3v) is 4.22. The summed E-state index contributed by atoms with van der Waals surface area (Å²) in [7, 11) is 0. The average molecular weight is 465 g/mol. The standard InChI is InChI=1S/C15H11F7IN/c1-8-5-10(13(16,14(17,18)19)15(20,21)22)6-9(2)12(8)24-4-3-11(23)7-24/h3-7H,1-2H3. The quantitative estimate of drug-likeness (QED) is 0.380. The van der Waals surface area contributed by atoms with Gasteiger partial charge in [-0.05, 0) is 53.6 Å². The van der Waals surface area contributed by atoms with Crippen molar-refractivity contribution in [2.24, 2.45) is 0 Å². The number of alkyl halides is 7. The highest BCUT2D eigenvalue weighted by Crippen LogP contribution is 2.53. The van der Waals surface area contributed by atoms with Gasteiger partial charge in [0.05, 0.1) is 5.69 Å². The van der Waals surface area contributed by atoms with Crippen LogP contribution in [0.5, 0.6) is 0 Å². The van der Waals surface area contributed by atoms with E-state index in [1.807, 2.05) is 22.6 Å². The van der Waals surface area contributed by atoms with Crippen LogP contribution in [0.25, 0.3) is 5.69 Å². The molecule has 1 aromatic carbocycles. The van der Waals surface area contributed by atoms with E-state index in [4.69, 9.17) is 0 Å². The smallest absolute Gasteiger partial charge is 0.322 e. The van der Waals surface area contributed by atoms with Crippen LogP contribution in [0.1, 0.15) is 16.7 Å². The van der Waals surface area contributed by atoms with E-state index in [0.717, 1.165) is 3.57 Å². The first-order chi connectivity index (χ1) is 10.8. The van der Waals surface area contributed by atoms with Crippen molar-refractivity contribution in [1.82, 2.24) is 4.57 Å². The highest BCUT2D eigenvalue weighted by Gasteiger charge is 2.73. The molecule has 0 aliphatic heterocycles. The minimum atomic E-state index is -6.12. The van der Waals surface area contributed by atoms with E-state index < -0.39 is 23.6 Å². The summed E-state index contributed by atoms with van der Waals surface area (Å²) < 4.78 is 93.8. The van der Waals surface area contributed by atoms with Crippen LogP contribution in [0.4, 0.5) is 30.7 Å². The summed E-state index contributed by atoms with van der Waals surface area (Å²) in [4.78, 5) is 0. The van der Waals surface area contributed by atoms with Crippen molar-refractivity contribution in [2.45, 2.75) is 31.9 Å². The second-order valence-corrected chi connectivity index (χ2v) is 6.60. The van der Waals surface area contributed by atoms with E-state index in [1.165, 1.54) is 13.8 Å². The predicted octanol–water partition coefficient (Wildman–Crippen LogP) is 5.99. The molecular weight excluding hydrogens is 454 g/mol. The lowest BCUT2D eigenvalue weighted by atomic mass is 9.90. The van der Waals surface area contributed by atoms with Crippen LogP contribution < -0.4 is 0 Å². The van der Waals surface area contributed by atoms with Crippen LogP contribution in [0.2, 0.25) is 0 Å². The SMILES string of the molecule is Cc1cc(C(F)(C(F)(F)F)C(F)(F)F)cc(C)c1-n1ccc(I)c1. The first-order valence-electron chi connectivity index (χ1n) is 6.57. The third-order valence-electron chi connectivity index (χ3n) is 3.59. The van der Waals surface area contributed by atoms with E-state index in [9.17, 15) is 30.7 Å². The molecule has 1 heterocycles. The Bertz CT molecular complexity index is 721. The van der Waals surface area contributed by atoms with Gasteiger partial charge >= 0.3 is 18.0 Å². The maximum Gasteiger partial charge on any atom is 0.435 e. The van der Waals surface area contributed by atoms with Gasteiger partial charge in [-0.15, -0.1) is 0 Å². The van der Waals surface area contributed by atoms with Crippen LogP contribution in [0, 0.1) is 17.4 Å². The molecule has 0 saturated heterocycles. The van der Waals surface area contributed by atoms with Crippen LogP contribution >= 0.6 is 22.6 Å². The molecule has 0 saturated carbocycles. The summed E-state index contributed by atoms with van der Waals surface area (Å²) in [5, 5.41) is 0. The fourth-order valence-corrected chi connectivity index (χ4v) is 3.02. The van der Waals surface area contributed by atoms with Gasteiger partial charge < -0.3 is 4.57 Å². The topological polar surface area (TPSA) is 4.93 Å². The number of aromatic nitrogens is 1. The number of benzene rings is 1. The fourth-order valence-electron chi connectivity index (χ4n) is 2.56. The van der Waals surface area contributed by atoms with Crippen molar-refractivity contribution in [1.29, 1.82) is 0 Å². The van der Waals surface area contributed by atoms with E-state index in [1.54, 1.807) is 23.0 Å². The van der Waals surface area contributed by atoms with Gasteiger partial charge in [0.1, 0.15) is 0 Å². The molecule has 132 valence electrons. The first-order valence-corrected chi connectivity index (χ1v) is 7.65. The monoisotopic (exact) mass is 465 g/mol. The number of hydrogen-bond donors (Lipinski definition) is 0. The Kier molecular flexibility index (Phi) is 4.70. The number of hydrogen-bond acceptors (Lipinski definition) is 0. The molecule has 1 nitrogen and oxygen atoms in total. The predicted molar refractivity (Wildman–Crippen MR) is 82.9 cm³/mol. The van der Waals surface area contributed by atoms with Gasteiger partial charge in [0, 0.05) is 21.5 Å². The molecule has 1 aromatic heterocycles. The van der Waals surface area contributed by atoms with E-state index in [2.05, 4.69) is 0 Å². The van der Waals surface area contributed by atoms with Crippen LogP contribution in [-0.2, 0) is 5.67 Å². The Morgan fingerprint density at radius 1 is 0.875 bits per heavy atom. The number of aryl methyl sites for hydroxylation is 2. The Balaban J connectivity index is 2.69. The molecule has 9 heteroatoms. The number of nitrogens with zero attached hydrogens (tertiary/aromatic N) is 1. The molecule has 2 aromatic rings. The lowest BCUT2D eigenvalue weighted by molar-refractivity contribution is -0.348. The normalized spacial score (nSPS) is 13.4. The van der Waals surface area contributed by atoms with Crippen molar-refractivity contribution in [3.63, 3.8) is 0 Å². The largest absolute Gasteiger partial charge is 0.435 e. The summed E-state index contributed by atoms with van der Waals surface area (Å²) in [5.74, 6) is 0. The second kappa shape index (κ2) is 5.92. The summed E-state index contributed by atoms with van der Waals surface area (Å²) >= 11 is 2.01. The van der Waals surface area contributed by atoms with E-state index in [0.29, 0.717) is 17.8 Å². The molecule has 0 aliphatic carbocycles. The Morgan fingerprint density at radius 2 is 1.33 bits per heavy atom. The van der Waals surface area contributed by atoms with Gasteiger partial charge in [-0.1, -0.05) is 12.1 Å². The van der Waals surface area contributed by atoms with Crippen LogP contribution in [0.3, 0.4) is 0 Å². The molecule has 0 atom stereocenters. The van der Waals surface area contributed by atoms with Gasteiger partial charge in [0.2, 0.25) is 0 Å². The van der Waals surface area contributed by atoms with Gasteiger partial charge in [-0.3, -0.25) is 0 Å². The zero-order valence-electron chi connectivity index (χ0n) is 12.4. The first kappa shape index (κ1) is 19.1. The second-order valence-electron chi connectivity index (χ2n) is 5.35. The van der Waals surface area contributed by atoms with Crippen molar-refractivity contribution in [3.05, 3.63) is 50.9 Å². The van der Waals surface area contributed by atoms with Gasteiger partial charge in [0.15, 0.2) is 0 Å². The molecule has 0 unspecified atom stereocenters. The average Bonchev–Trinajstić information content (AvgIpc) is 2.80. The Morgan fingerprint density at radius 3 is 1.67 bits per heavy atom. The molecular formula is C15H11F7IN. The van der Waals surface area contributed by atoms with E-state index >= 15 is 0 Å². The van der Waals surface area contributed by atoms with Crippen molar-refractivity contribution >= 4 is 22.6 Å². The van der Waals surface area contributed by atoms with Crippen LogP contribution in [0.15, 0.2) is 30.6 Å². The lowest BCUT2D eigenvalue weighted by Gasteiger charge is -2.31. The summed E-state index contributed by atoms with van der Waals surface area (Å²) in [5.41, 5.74) is -6.27. The maximum atomic E-state index is 14.2. The summed E-state index contributed by atoms with van der Waals surface area (Å²) in [6.45, 7) is 2.68.